The number of nitrogens with one attached hydrogen (secondary N) is 1. The Morgan fingerprint density at radius 1 is 1.25 bits per heavy atom. The summed E-state index contributed by atoms with van der Waals surface area (Å²) < 4.78 is 39.6. The second-order valence-electron chi connectivity index (χ2n) is 5.65. The van der Waals surface area contributed by atoms with E-state index in [2.05, 4.69) is 15.2 Å². The fourth-order valence-electron chi connectivity index (χ4n) is 2.37. The molecule has 1 N–H and O–H groups in total. The molecule has 0 atom stereocenters. The summed E-state index contributed by atoms with van der Waals surface area (Å²) in [7, 11) is 0. The molecule has 146 valence electrons. The lowest BCUT2D eigenvalue weighted by molar-refractivity contribution is -0.0497. The van der Waals surface area contributed by atoms with Gasteiger partial charge in [-0.05, 0) is 37.3 Å². The first kappa shape index (κ1) is 19.6. The van der Waals surface area contributed by atoms with Gasteiger partial charge in [0, 0.05) is 5.69 Å². The Bertz CT molecular complexity index is 964. The summed E-state index contributed by atoms with van der Waals surface area (Å²) in [6.07, 6.45) is 0. The third-order valence-corrected chi connectivity index (χ3v) is 4.03. The van der Waals surface area contributed by atoms with Gasteiger partial charge in [0.15, 0.2) is 5.69 Å². The molecule has 1 amide bonds. The van der Waals surface area contributed by atoms with Gasteiger partial charge in [0.25, 0.3) is 5.91 Å². The molecular weight excluding hydrogens is 394 g/mol. The summed E-state index contributed by atoms with van der Waals surface area (Å²) >= 11 is 5.89. The summed E-state index contributed by atoms with van der Waals surface area (Å²) in [6.45, 7) is -1.24. The summed E-state index contributed by atoms with van der Waals surface area (Å²) in [5, 5.41) is 6.30. The van der Waals surface area contributed by atoms with Crippen LogP contribution in [-0.4, -0.2) is 17.7 Å². The normalized spacial score (nSPS) is 10.8. The highest BCUT2D eigenvalue weighted by molar-refractivity contribution is 6.32. The average Bonchev–Trinajstić information content (AvgIpc) is 3.03. The number of carbonyl (C=O) groups is 1. The third kappa shape index (κ3) is 4.77. The summed E-state index contributed by atoms with van der Waals surface area (Å²) in [4.78, 5) is 12.6. The molecule has 0 saturated heterocycles. The van der Waals surface area contributed by atoms with E-state index in [1.54, 1.807) is 19.1 Å². The lowest BCUT2D eigenvalue weighted by Gasteiger charge is -2.10. The molecule has 3 rings (SSSR count). The van der Waals surface area contributed by atoms with Crippen LogP contribution in [0.2, 0.25) is 5.02 Å². The van der Waals surface area contributed by atoms with E-state index < -0.39 is 12.5 Å². The molecule has 6 nitrogen and oxygen atoms in total. The van der Waals surface area contributed by atoms with Crippen molar-refractivity contribution < 1.29 is 27.6 Å². The maximum atomic E-state index is 12.6. The minimum atomic E-state index is -3.00. The number of amides is 1. The number of carbonyl (C=O) groups excluding carboxylic acids is 1. The topological polar surface area (TPSA) is 73.6 Å². The summed E-state index contributed by atoms with van der Waals surface area (Å²) in [5.41, 5.74) is 0.828. The molecule has 3 aromatic rings. The van der Waals surface area contributed by atoms with Crippen molar-refractivity contribution in [1.29, 1.82) is 0 Å². The lowest BCUT2D eigenvalue weighted by Crippen LogP contribution is -2.15. The van der Waals surface area contributed by atoms with Crippen LogP contribution in [0.3, 0.4) is 0 Å². The Kier molecular flexibility index (Phi) is 6.10. The van der Waals surface area contributed by atoms with Crippen LogP contribution in [0.4, 0.5) is 14.5 Å². The zero-order chi connectivity index (χ0) is 20.1. The van der Waals surface area contributed by atoms with Gasteiger partial charge < -0.3 is 19.3 Å². The van der Waals surface area contributed by atoms with E-state index in [9.17, 15) is 13.6 Å². The van der Waals surface area contributed by atoms with Crippen LogP contribution in [0.25, 0.3) is 0 Å². The van der Waals surface area contributed by atoms with Crippen LogP contribution in [0.1, 0.15) is 21.8 Å². The molecule has 0 spiro atoms. The number of anilines is 1. The summed E-state index contributed by atoms with van der Waals surface area (Å²) in [5.74, 6) is 0.335. The van der Waals surface area contributed by atoms with Crippen LogP contribution in [0.5, 0.6) is 11.5 Å². The zero-order valence-electron chi connectivity index (χ0n) is 14.6. The molecular formula is C19H15ClF2N2O4. The van der Waals surface area contributed by atoms with E-state index >= 15 is 0 Å². The fraction of sp³-hybridized carbons (Fsp3) is 0.158. The molecule has 28 heavy (non-hydrogen) atoms. The van der Waals surface area contributed by atoms with Crippen LogP contribution < -0.4 is 14.8 Å². The van der Waals surface area contributed by atoms with Gasteiger partial charge in [-0.15, -0.1) is 0 Å². The largest absolute Gasteiger partial charge is 0.489 e. The van der Waals surface area contributed by atoms with Gasteiger partial charge in [0.05, 0.1) is 10.6 Å². The van der Waals surface area contributed by atoms with E-state index in [-0.39, 0.29) is 28.8 Å². The van der Waals surface area contributed by atoms with Crippen molar-refractivity contribution in [3.8, 4) is 11.5 Å². The predicted molar refractivity (Wildman–Crippen MR) is 98.1 cm³/mol. The number of hydrogen-bond acceptors (Lipinski definition) is 5. The van der Waals surface area contributed by atoms with E-state index in [0.717, 1.165) is 0 Å². The Balaban J connectivity index is 1.72. The van der Waals surface area contributed by atoms with Crippen LogP contribution >= 0.6 is 11.6 Å². The van der Waals surface area contributed by atoms with Crippen molar-refractivity contribution >= 4 is 23.2 Å². The number of aromatic nitrogens is 1. The first-order valence-electron chi connectivity index (χ1n) is 8.12. The van der Waals surface area contributed by atoms with Crippen molar-refractivity contribution in [2.45, 2.75) is 20.1 Å². The fourth-order valence-corrected chi connectivity index (χ4v) is 2.60. The number of nitrogens with zero attached hydrogens (tertiary/aromatic N) is 1. The highest BCUT2D eigenvalue weighted by Gasteiger charge is 2.21. The van der Waals surface area contributed by atoms with Gasteiger partial charge in [-0.2, -0.15) is 8.78 Å². The number of ether oxygens (including phenoxy) is 2. The van der Waals surface area contributed by atoms with Crippen molar-refractivity contribution in [1.82, 2.24) is 5.16 Å². The molecule has 0 unspecified atom stereocenters. The molecule has 0 bridgehead atoms. The molecule has 1 aromatic heterocycles. The molecule has 0 aliphatic rings. The number of benzene rings is 2. The quantitative estimate of drug-likeness (QED) is 0.591. The highest BCUT2D eigenvalue weighted by atomic mass is 35.5. The third-order valence-electron chi connectivity index (χ3n) is 3.73. The van der Waals surface area contributed by atoms with Gasteiger partial charge in [-0.1, -0.05) is 35.0 Å². The van der Waals surface area contributed by atoms with Gasteiger partial charge in [0.1, 0.15) is 23.9 Å². The van der Waals surface area contributed by atoms with Crippen molar-refractivity contribution in [2.75, 3.05) is 5.32 Å². The van der Waals surface area contributed by atoms with Gasteiger partial charge in [-0.25, -0.2) is 0 Å². The molecule has 0 saturated carbocycles. The SMILES string of the molecule is Cc1onc(C(=O)Nc2ccc(OC(F)F)c(Cl)c2)c1COc1ccccc1. The standard InChI is InChI=1S/C19H15ClF2N2O4/c1-11-14(10-26-13-5-3-2-4-6-13)17(24-28-11)18(25)23-12-7-8-16(15(20)9-12)27-19(21)22/h2-9,19H,10H2,1H3,(H,23,25). The second-order valence-corrected chi connectivity index (χ2v) is 6.05. The maximum absolute atomic E-state index is 12.6. The van der Waals surface area contributed by atoms with Crippen LogP contribution in [0.15, 0.2) is 53.1 Å². The zero-order valence-corrected chi connectivity index (χ0v) is 15.4. The van der Waals surface area contributed by atoms with Crippen LogP contribution in [0, 0.1) is 6.92 Å². The molecule has 0 aliphatic heterocycles. The predicted octanol–water partition coefficient (Wildman–Crippen LogP) is 5.07. The Morgan fingerprint density at radius 3 is 2.68 bits per heavy atom. The number of para-hydroxylation sites is 1. The van der Waals surface area contributed by atoms with Crippen molar-refractivity contribution in [2.24, 2.45) is 0 Å². The maximum Gasteiger partial charge on any atom is 0.387 e. The smallest absolute Gasteiger partial charge is 0.387 e. The second kappa shape index (κ2) is 8.71. The van der Waals surface area contributed by atoms with E-state index in [0.29, 0.717) is 17.1 Å². The number of hydrogen-bond donors (Lipinski definition) is 1. The van der Waals surface area contributed by atoms with Gasteiger partial charge >= 0.3 is 6.61 Å². The first-order valence-corrected chi connectivity index (χ1v) is 8.50. The molecule has 2 aromatic carbocycles. The minimum absolute atomic E-state index is 0.0532. The summed E-state index contributed by atoms with van der Waals surface area (Å²) in [6, 6.07) is 13.0. The number of rotatable bonds is 7. The number of alkyl halides is 2. The Labute approximate surface area is 164 Å². The lowest BCUT2D eigenvalue weighted by atomic mass is 10.2. The minimum Gasteiger partial charge on any atom is -0.489 e. The van der Waals surface area contributed by atoms with Crippen LogP contribution in [-0.2, 0) is 6.61 Å². The Morgan fingerprint density at radius 2 is 2.00 bits per heavy atom. The average molecular weight is 409 g/mol. The molecule has 1 heterocycles. The number of halogens is 3. The molecule has 0 aliphatic carbocycles. The van der Waals surface area contributed by atoms with Crippen molar-refractivity contribution in [3.63, 3.8) is 0 Å². The Hall–Kier alpha value is -3.13. The molecule has 0 fully saturated rings. The number of aryl methyl sites for hydroxylation is 1. The molecule has 0 radical (unpaired) electrons. The highest BCUT2D eigenvalue weighted by Crippen LogP contribution is 2.29. The first-order chi connectivity index (χ1) is 13.4. The monoisotopic (exact) mass is 408 g/mol. The van der Waals surface area contributed by atoms with E-state index in [4.69, 9.17) is 20.9 Å². The van der Waals surface area contributed by atoms with E-state index in [1.807, 2.05) is 18.2 Å². The van der Waals surface area contributed by atoms with Gasteiger partial charge in [0.2, 0.25) is 0 Å². The van der Waals surface area contributed by atoms with E-state index in [1.165, 1.54) is 18.2 Å². The van der Waals surface area contributed by atoms with Gasteiger partial charge in [-0.3, -0.25) is 4.79 Å². The molecule has 9 heteroatoms. The van der Waals surface area contributed by atoms with Crippen molar-refractivity contribution in [3.05, 3.63) is 70.6 Å².